The van der Waals surface area contributed by atoms with Crippen LogP contribution in [0.2, 0.25) is 0 Å². The number of benzene rings is 2. The van der Waals surface area contributed by atoms with Gasteiger partial charge < -0.3 is 4.74 Å². The fourth-order valence-electron chi connectivity index (χ4n) is 1.58. The second-order valence-electron chi connectivity index (χ2n) is 3.91. The van der Waals surface area contributed by atoms with Crippen LogP contribution in [0.1, 0.15) is 15.9 Å². The lowest BCUT2D eigenvalue weighted by Gasteiger charge is -2.09. The summed E-state index contributed by atoms with van der Waals surface area (Å²) < 4.78 is 52.4. The van der Waals surface area contributed by atoms with Gasteiger partial charge in [0, 0.05) is 11.1 Å². The quantitative estimate of drug-likeness (QED) is 0.630. The molecule has 0 heterocycles. The van der Waals surface area contributed by atoms with Gasteiger partial charge in [-0.15, -0.1) is 13.2 Å². The summed E-state index contributed by atoms with van der Waals surface area (Å²) in [6.45, 7) is 0. The maximum atomic E-state index is 12.7. The smallest absolute Gasteiger partial charge is 0.406 e. The summed E-state index contributed by atoms with van der Waals surface area (Å²) in [6, 6.07) is 9.40. The van der Waals surface area contributed by atoms with Crippen molar-refractivity contribution >= 4 is 5.78 Å². The molecule has 0 radical (unpaired) electrons. The first-order chi connectivity index (χ1) is 9.35. The Labute approximate surface area is 111 Å². The van der Waals surface area contributed by atoms with Gasteiger partial charge in [-0.1, -0.05) is 0 Å². The summed E-state index contributed by atoms with van der Waals surface area (Å²) in [7, 11) is 0. The molecule has 0 saturated carbocycles. The zero-order valence-electron chi connectivity index (χ0n) is 9.95. The molecular formula is C14H8F4O2. The van der Waals surface area contributed by atoms with Crippen LogP contribution in [0.3, 0.4) is 0 Å². The zero-order chi connectivity index (χ0) is 14.8. The molecule has 0 N–H and O–H groups in total. The van der Waals surface area contributed by atoms with Crippen LogP contribution in [0.25, 0.3) is 0 Å². The third kappa shape index (κ3) is 3.57. The zero-order valence-corrected chi connectivity index (χ0v) is 9.95. The highest BCUT2D eigenvalue weighted by Crippen LogP contribution is 2.23. The molecular weight excluding hydrogens is 276 g/mol. The normalized spacial score (nSPS) is 11.2. The molecule has 0 fully saturated rings. The molecule has 2 aromatic carbocycles. The van der Waals surface area contributed by atoms with Crippen LogP contribution in [0.5, 0.6) is 5.75 Å². The predicted molar refractivity (Wildman–Crippen MR) is 63.0 cm³/mol. The van der Waals surface area contributed by atoms with Crippen LogP contribution >= 0.6 is 0 Å². The monoisotopic (exact) mass is 284 g/mol. The van der Waals surface area contributed by atoms with Crippen molar-refractivity contribution in [2.75, 3.05) is 0 Å². The van der Waals surface area contributed by atoms with Gasteiger partial charge in [0.2, 0.25) is 0 Å². The Kier molecular flexibility index (Phi) is 3.74. The summed E-state index contributed by atoms with van der Waals surface area (Å²) in [5.41, 5.74) is 0.432. The van der Waals surface area contributed by atoms with E-state index in [0.717, 1.165) is 24.3 Å². The molecule has 0 aliphatic rings. The molecule has 2 aromatic rings. The second kappa shape index (κ2) is 5.32. The molecule has 0 bridgehead atoms. The number of carbonyl (C=O) groups excluding carboxylic acids is 1. The summed E-state index contributed by atoms with van der Waals surface area (Å²) >= 11 is 0. The maximum Gasteiger partial charge on any atom is 0.573 e. The summed E-state index contributed by atoms with van der Waals surface area (Å²) in [4.78, 5) is 12.0. The standard InChI is InChI=1S/C14H8F4O2/c15-11-5-1-9(2-6-11)13(19)10-3-7-12(8-4-10)20-14(16,17)18/h1-8H. The van der Waals surface area contributed by atoms with Crippen molar-refractivity contribution < 1.29 is 27.1 Å². The highest BCUT2D eigenvalue weighted by Gasteiger charge is 2.31. The van der Waals surface area contributed by atoms with E-state index in [-0.39, 0.29) is 11.1 Å². The average Bonchev–Trinajstić information content (AvgIpc) is 2.38. The van der Waals surface area contributed by atoms with E-state index in [9.17, 15) is 22.4 Å². The first-order valence-corrected chi connectivity index (χ1v) is 5.51. The molecule has 0 aliphatic carbocycles. The Hall–Kier alpha value is -2.37. The molecule has 0 aliphatic heterocycles. The van der Waals surface area contributed by atoms with Crippen LogP contribution in [-0.4, -0.2) is 12.1 Å². The van der Waals surface area contributed by atoms with Gasteiger partial charge >= 0.3 is 6.36 Å². The van der Waals surface area contributed by atoms with Crippen LogP contribution in [0, 0.1) is 5.82 Å². The first kappa shape index (κ1) is 14.0. The lowest BCUT2D eigenvalue weighted by Crippen LogP contribution is -2.17. The van der Waals surface area contributed by atoms with E-state index in [1.165, 1.54) is 24.3 Å². The van der Waals surface area contributed by atoms with E-state index in [2.05, 4.69) is 4.74 Å². The molecule has 6 heteroatoms. The molecule has 0 amide bonds. The Morgan fingerprint density at radius 2 is 1.30 bits per heavy atom. The minimum atomic E-state index is -4.78. The highest BCUT2D eigenvalue weighted by molar-refractivity contribution is 6.08. The van der Waals surface area contributed by atoms with Crippen LogP contribution in [-0.2, 0) is 0 Å². The van der Waals surface area contributed by atoms with Crippen molar-refractivity contribution in [1.29, 1.82) is 0 Å². The van der Waals surface area contributed by atoms with Crippen molar-refractivity contribution in [2.24, 2.45) is 0 Å². The first-order valence-electron chi connectivity index (χ1n) is 5.51. The molecule has 2 nitrogen and oxygen atoms in total. The highest BCUT2D eigenvalue weighted by atomic mass is 19.4. The van der Waals surface area contributed by atoms with Gasteiger partial charge in [-0.2, -0.15) is 0 Å². The molecule has 0 spiro atoms. The van der Waals surface area contributed by atoms with Gasteiger partial charge in [-0.05, 0) is 48.5 Å². The van der Waals surface area contributed by atoms with Gasteiger partial charge in [-0.3, -0.25) is 4.79 Å². The van der Waals surface area contributed by atoms with Crippen LogP contribution in [0.4, 0.5) is 17.6 Å². The lowest BCUT2D eigenvalue weighted by atomic mass is 10.0. The number of hydrogen-bond acceptors (Lipinski definition) is 2. The fraction of sp³-hybridized carbons (Fsp3) is 0.0714. The molecule has 0 saturated heterocycles. The molecule has 2 rings (SSSR count). The molecule has 0 aromatic heterocycles. The summed E-state index contributed by atoms with van der Waals surface area (Å²) in [5, 5.41) is 0. The van der Waals surface area contributed by atoms with Gasteiger partial charge in [-0.25, -0.2) is 4.39 Å². The topological polar surface area (TPSA) is 26.3 Å². The fourth-order valence-corrected chi connectivity index (χ4v) is 1.58. The van der Waals surface area contributed by atoms with E-state index in [1.807, 2.05) is 0 Å². The van der Waals surface area contributed by atoms with Gasteiger partial charge in [0.05, 0.1) is 0 Å². The molecule has 104 valence electrons. The Morgan fingerprint density at radius 3 is 1.75 bits per heavy atom. The van der Waals surface area contributed by atoms with Crippen molar-refractivity contribution in [1.82, 2.24) is 0 Å². The average molecular weight is 284 g/mol. The summed E-state index contributed by atoms with van der Waals surface area (Å²) in [5.74, 6) is -1.30. The SMILES string of the molecule is O=C(c1ccc(F)cc1)c1ccc(OC(F)(F)F)cc1. The Bertz CT molecular complexity index is 601. The van der Waals surface area contributed by atoms with E-state index in [0.29, 0.717) is 0 Å². The molecule has 20 heavy (non-hydrogen) atoms. The lowest BCUT2D eigenvalue weighted by molar-refractivity contribution is -0.274. The number of alkyl halides is 3. The van der Waals surface area contributed by atoms with Gasteiger partial charge in [0.1, 0.15) is 11.6 Å². The second-order valence-corrected chi connectivity index (χ2v) is 3.91. The van der Waals surface area contributed by atoms with Crippen molar-refractivity contribution in [3.05, 3.63) is 65.5 Å². The maximum absolute atomic E-state index is 12.7. The number of ketones is 1. The number of hydrogen-bond donors (Lipinski definition) is 0. The van der Waals surface area contributed by atoms with E-state index >= 15 is 0 Å². The van der Waals surface area contributed by atoms with E-state index in [4.69, 9.17) is 0 Å². The third-order valence-corrected chi connectivity index (χ3v) is 2.46. The molecule has 0 unspecified atom stereocenters. The minimum absolute atomic E-state index is 0.186. The number of rotatable bonds is 3. The largest absolute Gasteiger partial charge is 0.573 e. The Balaban J connectivity index is 2.17. The van der Waals surface area contributed by atoms with Crippen LogP contribution in [0.15, 0.2) is 48.5 Å². The van der Waals surface area contributed by atoms with E-state index in [1.54, 1.807) is 0 Å². The summed E-state index contributed by atoms with van der Waals surface area (Å²) in [6.07, 6.45) is -4.78. The molecule has 0 atom stereocenters. The third-order valence-electron chi connectivity index (χ3n) is 2.46. The number of halogens is 4. The van der Waals surface area contributed by atoms with Crippen molar-refractivity contribution in [2.45, 2.75) is 6.36 Å². The Morgan fingerprint density at radius 1 is 0.850 bits per heavy atom. The van der Waals surface area contributed by atoms with Crippen LogP contribution < -0.4 is 4.74 Å². The number of ether oxygens (including phenoxy) is 1. The predicted octanol–water partition coefficient (Wildman–Crippen LogP) is 3.96. The van der Waals surface area contributed by atoms with Crippen molar-refractivity contribution in [3.8, 4) is 5.75 Å². The van der Waals surface area contributed by atoms with E-state index < -0.39 is 23.7 Å². The number of carbonyl (C=O) groups is 1. The van der Waals surface area contributed by atoms with Crippen molar-refractivity contribution in [3.63, 3.8) is 0 Å². The minimum Gasteiger partial charge on any atom is -0.406 e. The van der Waals surface area contributed by atoms with Gasteiger partial charge in [0.25, 0.3) is 0 Å². The van der Waals surface area contributed by atoms with Gasteiger partial charge in [0.15, 0.2) is 5.78 Å².